The quantitative estimate of drug-likeness (QED) is 0.612. The van der Waals surface area contributed by atoms with Crippen molar-refractivity contribution in [2.45, 2.75) is 66.0 Å². The molecule has 1 aliphatic heterocycles. The van der Waals surface area contributed by atoms with E-state index in [1.807, 2.05) is 51.7 Å². The van der Waals surface area contributed by atoms with Gasteiger partial charge in [0.1, 0.15) is 18.9 Å². The number of hydrogen-bond donors (Lipinski definition) is 1. The molecule has 1 unspecified atom stereocenters. The second-order valence-electron chi connectivity index (χ2n) is 9.83. The summed E-state index contributed by atoms with van der Waals surface area (Å²) in [7, 11) is 0. The van der Waals surface area contributed by atoms with Crippen LogP contribution < -0.4 is 10.1 Å². The predicted octanol–water partition coefficient (Wildman–Crippen LogP) is 5.09. The molecule has 0 fully saturated rings. The van der Waals surface area contributed by atoms with Crippen molar-refractivity contribution in [1.82, 2.24) is 15.1 Å². The molecular weight excluding hydrogens is 434 g/mol. The Bertz CT molecular complexity index is 979. The van der Waals surface area contributed by atoms with E-state index >= 15 is 0 Å². The molecule has 6 nitrogen and oxygen atoms in total. The molecule has 1 aromatic heterocycles. The second-order valence-corrected chi connectivity index (χ2v) is 10.8. The highest BCUT2D eigenvalue weighted by Gasteiger charge is 2.33. The lowest BCUT2D eigenvalue weighted by Crippen LogP contribution is -2.53. The van der Waals surface area contributed by atoms with Crippen LogP contribution in [0, 0.1) is 13.8 Å². The van der Waals surface area contributed by atoms with E-state index in [1.54, 1.807) is 16.2 Å². The maximum Gasteiger partial charge on any atom is 0.318 e. The lowest BCUT2D eigenvalue weighted by molar-refractivity contribution is -0.135. The van der Waals surface area contributed by atoms with E-state index in [9.17, 15) is 9.59 Å². The summed E-state index contributed by atoms with van der Waals surface area (Å²) < 4.78 is 6.22. The Balaban J connectivity index is 1.77. The number of ether oxygens (including phenoxy) is 1. The van der Waals surface area contributed by atoms with Crippen LogP contribution in [-0.4, -0.2) is 53.5 Å². The second kappa shape index (κ2) is 10.6. The van der Waals surface area contributed by atoms with Gasteiger partial charge < -0.3 is 19.9 Å². The molecule has 180 valence electrons. The Morgan fingerprint density at radius 1 is 1.24 bits per heavy atom. The molecule has 2 aromatic rings. The number of carbonyl (C=O) groups is 2. The molecule has 0 spiro atoms. The van der Waals surface area contributed by atoms with Crippen LogP contribution in [0.1, 0.15) is 61.7 Å². The largest absolute Gasteiger partial charge is 0.491 e. The van der Waals surface area contributed by atoms with E-state index in [-0.39, 0.29) is 30.1 Å². The van der Waals surface area contributed by atoms with Gasteiger partial charge in [-0.3, -0.25) is 4.79 Å². The standard InChI is InChI=1S/C26H37N3O3S/c1-7-12-28(25(31)27-26(4,5)6)16-24(30)29-13-10-23-20(11-14-33-23)21(29)17-32-22-9-8-18(2)15-19(22)3/h8-9,11,14-15,21H,7,10,12-13,16-17H2,1-6H3,(H,27,31). The van der Waals surface area contributed by atoms with Gasteiger partial charge in [-0.05, 0) is 76.1 Å². The van der Waals surface area contributed by atoms with Crippen LogP contribution in [0.2, 0.25) is 0 Å². The van der Waals surface area contributed by atoms with Crippen molar-refractivity contribution < 1.29 is 14.3 Å². The summed E-state index contributed by atoms with van der Waals surface area (Å²) in [5.41, 5.74) is 3.08. The van der Waals surface area contributed by atoms with Gasteiger partial charge in [-0.15, -0.1) is 11.3 Å². The Morgan fingerprint density at radius 2 is 2.00 bits per heavy atom. The van der Waals surface area contributed by atoms with E-state index in [0.717, 1.165) is 29.7 Å². The van der Waals surface area contributed by atoms with E-state index in [0.29, 0.717) is 19.7 Å². The Labute approximate surface area is 201 Å². The maximum atomic E-state index is 13.5. The zero-order chi connectivity index (χ0) is 24.2. The molecule has 2 heterocycles. The van der Waals surface area contributed by atoms with Gasteiger partial charge >= 0.3 is 6.03 Å². The van der Waals surface area contributed by atoms with Gasteiger partial charge in [0.2, 0.25) is 5.91 Å². The maximum absolute atomic E-state index is 13.5. The third-order valence-corrected chi connectivity index (χ3v) is 6.73. The van der Waals surface area contributed by atoms with Gasteiger partial charge in [0.15, 0.2) is 0 Å². The fraction of sp³-hybridized carbons (Fsp3) is 0.538. The number of aryl methyl sites for hydroxylation is 2. The van der Waals surface area contributed by atoms with Crippen molar-refractivity contribution in [2.75, 3.05) is 26.2 Å². The molecule has 0 saturated heterocycles. The van der Waals surface area contributed by atoms with Crippen LogP contribution in [0.15, 0.2) is 29.6 Å². The Morgan fingerprint density at radius 3 is 2.67 bits per heavy atom. The predicted molar refractivity (Wildman–Crippen MR) is 134 cm³/mol. The fourth-order valence-electron chi connectivity index (χ4n) is 4.18. The smallest absolute Gasteiger partial charge is 0.318 e. The van der Waals surface area contributed by atoms with Crippen LogP contribution in [-0.2, 0) is 11.2 Å². The molecule has 3 rings (SSSR count). The van der Waals surface area contributed by atoms with Crippen LogP contribution in [0.4, 0.5) is 4.79 Å². The van der Waals surface area contributed by atoms with Crippen molar-refractivity contribution in [3.8, 4) is 5.75 Å². The first kappa shape index (κ1) is 25.1. The number of urea groups is 1. The third-order valence-electron chi connectivity index (χ3n) is 5.73. The highest BCUT2D eigenvalue weighted by atomic mass is 32.1. The van der Waals surface area contributed by atoms with Gasteiger partial charge in [0.05, 0.1) is 6.04 Å². The zero-order valence-corrected chi connectivity index (χ0v) is 21.6. The summed E-state index contributed by atoms with van der Waals surface area (Å²) in [4.78, 5) is 31.1. The first-order valence-electron chi connectivity index (χ1n) is 11.7. The minimum Gasteiger partial charge on any atom is -0.491 e. The number of fused-ring (bicyclic) bond motifs is 1. The average molecular weight is 472 g/mol. The molecule has 0 saturated carbocycles. The van der Waals surface area contributed by atoms with Crippen molar-refractivity contribution in [3.63, 3.8) is 0 Å². The average Bonchev–Trinajstić information content (AvgIpc) is 3.20. The van der Waals surface area contributed by atoms with Crippen LogP contribution >= 0.6 is 11.3 Å². The number of hydrogen-bond acceptors (Lipinski definition) is 4. The van der Waals surface area contributed by atoms with Crippen molar-refractivity contribution in [3.05, 3.63) is 51.2 Å². The van der Waals surface area contributed by atoms with E-state index in [1.165, 1.54) is 10.4 Å². The number of nitrogens with zero attached hydrogens (tertiary/aromatic N) is 2. The number of carbonyl (C=O) groups excluding carboxylic acids is 2. The minimum absolute atomic E-state index is 0.0430. The lowest BCUT2D eigenvalue weighted by atomic mass is 10.00. The van der Waals surface area contributed by atoms with Gasteiger partial charge in [-0.25, -0.2) is 4.79 Å². The summed E-state index contributed by atoms with van der Waals surface area (Å²) in [6.45, 7) is 13.6. The SMILES string of the molecule is CCCN(CC(=O)N1CCc2sccc2C1COc1ccc(C)cc1C)C(=O)NC(C)(C)C. The molecule has 33 heavy (non-hydrogen) atoms. The normalized spacial score (nSPS) is 15.7. The molecule has 0 radical (unpaired) electrons. The van der Waals surface area contributed by atoms with Gasteiger partial charge in [-0.1, -0.05) is 24.6 Å². The van der Waals surface area contributed by atoms with E-state index in [4.69, 9.17) is 4.74 Å². The summed E-state index contributed by atoms with van der Waals surface area (Å²) in [5.74, 6) is 0.797. The Kier molecular flexibility index (Phi) is 8.05. The summed E-state index contributed by atoms with van der Waals surface area (Å²) in [5, 5.41) is 5.07. The number of nitrogens with one attached hydrogen (secondary N) is 1. The highest BCUT2D eigenvalue weighted by molar-refractivity contribution is 7.10. The summed E-state index contributed by atoms with van der Waals surface area (Å²) in [6, 6.07) is 7.88. The fourth-order valence-corrected chi connectivity index (χ4v) is 5.11. The van der Waals surface area contributed by atoms with Gasteiger partial charge in [0, 0.05) is 23.5 Å². The molecule has 7 heteroatoms. The summed E-state index contributed by atoms with van der Waals surface area (Å²) in [6.07, 6.45) is 1.62. The van der Waals surface area contributed by atoms with E-state index in [2.05, 4.69) is 29.8 Å². The van der Waals surface area contributed by atoms with Crippen LogP contribution in [0.3, 0.4) is 0 Å². The molecule has 0 bridgehead atoms. The van der Waals surface area contributed by atoms with Gasteiger partial charge in [0.25, 0.3) is 0 Å². The molecule has 0 aliphatic carbocycles. The number of benzene rings is 1. The monoisotopic (exact) mass is 471 g/mol. The molecular formula is C26H37N3O3S. The van der Waals surface area contributed by atoms with Crippen LogP contribution in [0.25, 0.3) is 0 Å². The first-order valence-corrected chi connectivity index (χ1v) is 12.6. The van der Waals surface area contributed by atoms with Crippen LogP contribution in [0.5, 0.6) is 5.75 Å². The molecule has 1 aromatic carbocycles. The molecule has 3 amide bonds. The Hall–Kier alpha value is -2.54. The molecule has 1 atom stereocenters. The van der Waals surface area contributed by atoms with Crippen molar-refractivity contribution in [1.29, 1.82) is 0 Å². The highest BCUT2D eigenvalue weighted by Crippen LogP contribution is 2.34. The topological polar surface area (TPSA) is 61.9 Å². The zero-order valence-electron chi connectivity index (χ0n) is 20.7. The van der Waals surface area contributed by atoms with Crippen molar-refractivity contribution >= 4 is 23.3 Å². The third kappa shape index (κ3) is 6.50. The number of thiophene rings is 1. The molecule has 1 N–H and O–H groups in total. The first-order chi connectivity index (χ1) is 15.6. The van der Waals surface area contributed by atoms with Gasteiger partial charge in [-0.2, -0.15) is 0 Å². The summed E-state index contributed by atoms with van der Waals surface area (Å²) >= 11 is 1.73. The lowest BCUT2D eigenvalue weighted by Gasteiger charge is -2.37. The number of rotatable bonds is 7. The van der Waals surface area contributed by atoms with E-state index < -0.39 is 0 Å². The molecule has 1 aliphatic rings. The number of amides is 3. The minimum atomic E-state index is -0.356. The van der Waals surface area contributed by atoms with Crippen molar-refractivity contribution in [2.24, 2.45) is 0 Å².